The van der Waals surface area contributed by atoms with E-state index in [9.17, 15) is 4.79 Å². The molecule has 130 valence electrons. The van der Waals surface area contributed by atoms with Crippen LogP contribution < -0.4 is 10.5 Å². The molecule has 6 nitrogen and oxygen atoms in total. The van der Waals surface area contributed by atoms with Gasteiger partial charge in [-0.25, -0.2) is 0 Å². The van der Waals surface area contributed by atoms with Crippen molar-refractivity contribution in [2.75, 3.05) is 5.73 Å². The van der Waals surface area contributed by atoms with Crippen molar-refractivity contribution >= 4 is 22.6 Å². The quantitative estimate of drug-likeness (QED) is 0.592. The Morgan fingerprint density at radius 3 is 2.69 bits per heavy atom. The van der Waals surface area contributed by atoms with Gasteiger partial charge in [0.15, 0.2) is 0 Å². The number of hydrogen-bond donors (Lipinski definition) is 2. The molecular weight excluding hydrogens is 328 g/mol. The van der Waals surface area contributed by atoms with Crippen LogP contribution >= 0.6 is 0 Å². The number of nitrogens with one attached hydrogen (secondary N) is 1. The summed E-state index contributed by atoms with van der Waals surface area (Å²) in [6, 6.07) is 19.1. The van der Waals surface area contributed by atoms with E-state index in [1.165, 1.54) is 4.68 Å². The summed E-state index contributed by atoms with van der Waals surface area (Å²) < 4.78 is 7.04. The van der Waals surface area contributed by atoms with Crippen LogP contribution in [0.1, 0.15) is 21.7 Å². The summed E-state index contributed by atoms with van der Waals surface area (Å²) in [4.78, 5) is 15.7. The average Bonchev–Trinajstić information content (AvgIpc) is 3.22. The lowest BCUT2D eigenvalue weighted by atomic mass is 10.2. The van der Waals surface area contributed by atoms with Gasteiger partial charge >= 0.3 is 0 Å². The maximum absolute atomic E-state index is 12.6. The summed E-state index contributed by atoms with van der Waals surface area (Å²) in [6.45, 7) is 2.28. The first-order valence-electron chi connectivity index (χ1n) is 8.26. The molecule has 0 bridgehead atoms. The average molecular weight is 346 g/mol. The number of aromatic nitrogens is 3. The van der Waals surface area contributed by atoms with Crippen LogP contribution in [-0.2, 0) is 6.61 Å². The molecule has 3 N–H and O–H groups in total. The zero-order valence-corrected chi connectivity index (χ0v) is 14.3. The Morgan fingerprint density at radius 2 is 1.96 bits per heavy atom. The van der Waals surface area contributed by atoms with Gasteiger partial charge in [-0.1, -0.05) is 30.3 Å². The molecule has 0 unspecified atom stereocenters. The van der Waals surface area contributed by atoms with Crippen LogP contribution in [0.15, 0.2) is 60.7 Å². The van der Waals surface area contributed by atoms with Crippen molar-refractivity contribution in [1.82, 2.24) is 14.8 Å². The first kappa shape index (κ1) is 16.0. The van der Waals surface area contributed by atoms with Crippen molar-refractivity contribution in [3.8, 4) is 5.75 Å². The molecule has 0 saturated heterocycles. The number of carbonyl (C=O) groups is 1. The number of aryl methyl sites for hydroxylation is 1. The minimum absolute atomic E-state index is 0.293. The molecule has 2 heterocycles. The van der Waals surface area contributed by atoms with E-state index in [1.807, 2.05) is 48.5 Å². The smallest absolute Gasteiger partial charge is 0.296 e. The molecule has 6 heteroatoms. The molecule has 0 saturated carbocycles. The van der Waals surface area contributed by atoms with Gasteiger partial charge in [-0.15, -0.1) is 0 Å². The molecule has 26 heavy (non-hydrogen) atoms. The first-order chi connectivity index (χ1) is 12.6. The minimum Gasteiger partial charge on any atom is -0.489 e. The number of hydrogen-bond acceptors (Lipinski definition) is 4. The van der Waals surface area contributed by atoms with Crippen LogP contribution in [0.5, 0.6) is 5.75 Å². The van der Waals surface area contributed by atoms with Crippen molar-refractivity contribution in [2.45, 2.75) is 13.5 Å². The van der Waals surface area contributed by atoms with Gasteiger partial charge in [0.1, 0.15) is 23.9 Å². The molecule has 2 aromatic heterocycles. The lowest BCUT2D eigenvalue weighted by Crippen LogP contribution is -2.16. The fraction of sp³-hybridized carbons (Fsp3) is 0.100. The molecule has 0 aliphatic carbocycles. The van der Waals surface area contributed by atoms with Gasteiger partial charge in [0.25, 0.3) is 5.91 Å². The van der Waals surface area contributed by atoms with Crippen LogP contribution in [0.3, 0.4) is 0 Å². The molecule has 4 aromatic rings. The third-order valence-electron chi connectivity index (χ3n) is 4.12. The van der Waals surface area contributed by atoms with Crippen molar-refractivity contribution in [1.29, 1.82) is 0 Å². The fourth-order valence-corrected chi connectivity index (χ4v) is 2.85. The van der Waals surface area contributed by atoms with E-state index in [4.69, 9.17) is 10.5 Å². The van der Waals surface area contributed by atoms with E-state index in [1.54, 1.807) is 19.1 Å². The second-order valence-corrected chi connectivity index (χ2v) is 6.13. The predicted octanol–water partition coefficient (Wildman–Crippen LogP) is 3.52. The third-order valence-corrected chi connectivity index (χ3v) is 4.12. The Hall–Kier alpha value is -3.54. The molecule has 0 aliphatic heterocycles. The topological polar surface area (TPSA) is 85.9 Å². The minimum atomic E-state index is -0.293. The van der Waals surface area contributed by atoms with E-state index in [0.29, 0.717) is 23.8 Å². The van der Waals surface area contributed by atoms with Crippen molar-refractivity contribution < 1.29 is 9.53 Å². The Morgan fingerprint density at radius 1 is 1.15 bits per heavy atom. The Labute approximate surface area is 150 Å². The van der Waals surface area contributed by atoms with Crippen LogP contribution in [0.2, 0.25) is 0 Å². The molecule has 0 amide bonds. The van der Waals surface area contributed by atoms with Crippen molar-refractivity contribution in [2.24, 2.45) is 0 Å². The summed E-state index contributed by atoms with van der Waals surface area (Å²) in [5.41, 5.74) is 8.88. The molecule has 4 rings (SSSR count). The van der Waals surface area contributed by atoms with Gasteiger partial charge in [-0.3, -0.25) is 4.79 Å². The van der Waals surface area contributed by atoms with Gasteiger partial charge in [-0.05, 0) is 30.7 Å². The highest BCUT2D eigenvalue weighted by Gasteiger charge is 2.16. The second-order valence-electron chi connectivity index (χ2n) is 6.13. The molecule has 0 atom stereocenters. The van der Waals surface area contributed by atoms with Crippen LogP contribution in [0.4, 0.5) is 5.82 Å². The maximum atomic E-state index is 12.6. The molecule has 0 aliphatic rings. The van der Waals surface area contributed by atoms with Crippen LogP contribution in [-0.4, -0.2) is 20.7 Å². The summed E-state index contributed by atoms with van der Waals surface area (Å²) in [5, 5.41) is 5.05. The number of H-pyrrole nitrogens is 1. The summed E-state index contributed by atoms with van der Waals surface area (Å²) in [6.07, 6.45) is 0. The van der Waals surface area contributed by atoms with E-state index >= 15 is 0 Å². The number of benzene rings is 2. The third kappa shape index (κ3) is 3.04. The van der Waals surface area contributed by atoms with Crippen molar-refractivity contribution in [3.05, 3.63) is 77.6 Å². The number of aromatic amines is 1. The predicted molar refractivity (Wildman–Crippen MR) is 100 cm³/mol. The fourth-order valence-electron chi connectivity index (χ4n) is 2.85. The largest absolute Gasteiger partial charge is 0.489 e. The lowest BCUT2D eigenvalue weighted by Gasteiger charge is -2.06. The number of nitrogen functional groups attached to an aromatic ring is 1. The number of rotatable bonds is 4. The van der Waals surface area contributed by atoms with E-state index in [2.05, 4.69) is 10.1 Å². The summed E-state index contributed by atoms with van der Waals surface area (Å²) in [7, 11) is 0. The maximum Gasteiger partial charge on any atom is 0.296 e. The lowest BCUT2D eigenvalue weighted by molar-refractivity contribution is 0.0943. The zero-order chi connectivity index (χ0) is 18.1. The standard InChI is InChI=1S/C20H18N4O2/c1-13-9-19(21)24(23-13)20(25)18-10-15-7-8-16(11-17(15)22-18)26-12-14-5-3-2-4-6-14/h2-11,22H,12,21H2,1H3. The highest BCUT2D eigenvalue weighted by Crippen LogP contribution is 2.23. The monoisotopic (exact) mass is 346 g/mol. The number of nitrogens with two attached hydrogens (primary N) is 1. The highest BCUT2D eigenvalue weighted by molar-refractivity contribution is 6.00. The SMILES string of the molecule is Cc1cc(N)n(C(=O)c2cc3ccc(OCc4ccccc4)cc3[nH]2)n1. The van der Waals surface area contributed by atoms with Gasteiger partial charge in [0.05, 0.1) is 5.69 Å². The molecule has 0 spiro atoms. The number of anilines is 1. The van der Waals surface area contributed by atoms with Gasteiger partial charge in [0.2, 0.25) is 0 Å². The van der Waals surface area contributed by atoms with Crippen molar-refractivity contribution in [3.63, 3.8) is 0 Å². The number of nitrogens with zero attached hydrogens (tertiary/aromatic N) is 2. The molecular formula is C20H18N4O2. The second kappa shape index (κ2) is 6.40. The van der Waals surface area contributed by atoms with Gasteiger partial charge in [0, 0.05) is 23.0 Å². The van der Waals surface area contributed by atoms with E-state index in [0.717, 1.165) is 22.2 Å². The Kier molecular flexibility index (Phi) is 3.93. The molecule has 2 aromatic carbocycles. The number of carbonyl (C=O) groups excluding carboxylic acids is 1. The van der Waals surface area contributed by atoms with Crippen LogP contribution in [0, 0.1) is 6.92 Å². The Balaban J connectivity index is 1.57. The molecule has 0 radical (unpaired) electrons. The zero-order valence-electron chi connectivity index (χ0n) is 14.3. The first-order valence-corrected chi connectivity index (χ1v) is 8.26. The van der Waals surface area contributed by atoms with Gasteiger partial charge < -0.3 is 15.5 Å². The summed E-state index contributed by atoms with van der Waals surface area (Å²) in [5.74, 6) is 0.758. The van der Waals surface area contributed by atoms with E-state index < -0.39 is 0 Å². The summed E-state index contributed by atoms with van der Waals surface area (Å²) >= 11 is 0. The normalized spacial score (nSPS) is 11.0. The highest BCUT2D eigenvalue weighted by atomic mass is 16.5. The molecule has 0 fully saturated rings. The van der Waals surface area contributed by atoms with Gasteiger partial charge in [-0.2, -0.15) is 9.78 Å². The Bertz CT molecular complexity index is 1080. The van der Waals surface area contributed by atoms with E-state index in [-0.39, 0.29) is 5.91 Å². The van der Waals surface area contributed by atoms with Crippen LogP contribution in [0.25, 0.3) is 10.9 Å². The number of fused-ring (bicyclic) bond motifs is 1. The number of ether oxygens (including phenoxy) is 1.